The van der Waals surface area contributed by atoms with Crippen LogP contribution in [0.3, 0.4) is 0 Å². The molecular formula is C16H27NO3. The van der Waals surface area contributed by atoms with E-state index >= 15 is 0 Å². The Morgan fingerprint density at radius 3 is 2.55 bits per heavy atom. The Labute approximate surface area is 122 Å². The zero-order valence-electron chi connectivity index (χ0n) is 12.9. The van der Waals surface area contributed by atoms with Gasteiger partial charge in [-0.05, 0) is 38.1 Å². The molecule has 4 heteroatoms. The minimum atomic E-state index is 0.551. The largest absolute Gasteiger partial charge is 0.490 e. The van der Waals surface area contributed by atoms with E-state index in [9.17, 15) is 0 Å². The predicted octanol–water partition coefficient (Wildman–Crippen LogP) is 3.00. The van der Waals surface area contributed by atoms with Crippen molar-refractivity contribution in [3.8, 4) is 11.5 Å². The fourth-order valence-electron chi connectivity index (χ4n) is 1.81. The summed E-state index contributed by atoms with van der Waals surface area (Å²) in [5.74, 6) is 1.58. The van der Waals surface area contributed by atoms with Gasteiger partial charge in [-0.25, -0.2) is 0 Å². The topological polar surface area (TPSA) is 39.7 Å². The molecule has 0 saturated carbocycles. The molecule has 0 atom stereocenters. The molecule has 1 rings (SSSR count). The van der Waals surface area contributed by atoms with Gasteiger partial charge in [0.2, 0.25) is 0 Å². The van der Waals surface area contributed by atoms with Crippen LogP contribution >= 0.6 is 0 Å². The van der Waals surface area contributed by atoms with Crippen LogP contribution in [0.5, 0.6) is 11.5 Å². The highest BCUT2D eigenvalue weighted by Gasteiger charge is 2.06. The van der Waals surface area contributed by atoms with Gasteiger partial charge in [0.1, 0.15) is 6.61 Å². The summed E-state index contributed by atoms with van der Waals surface area (Å²) in [4.78, 5) is 0. The lowest BCUT2D eigenvalue weighted by Gasteiger charge is -2.13. The monoisotopic (exact) mass is 281 g/mol. The Bertz CT molecular complexity index is 369. The molecule has 1 N–H and O–H groups in total. The molecule has 1 aromatic rings. The SMILES string of the molecule is CCCCOCCOc1ccc(CNC)cc1OCC. The average molecular weight is 281 g/mol. The van der Waals surface area contributed by atoms with E-state index in [4.69, 9.17) is 14.2 Å². The number of rotatable bonds is 11. The molecule has 4 nitrogen and oxygen atoms in total. The fourth-order valence-corrected chi connectivity index (χ4v) is 1.81. The third kappa shape index (κ3) is 6.26. The van der Waals surface area contributed by atoms with Gasteiger partial charge >= 0.3 is 0 Å². The van der Waals surface area contributed by atoms with Gasteiger partial charge in [-0.3, -0.25) is 0 Å². The molecule has 114 valence electrons. The Hall–Kier alpha value is -1.26. The molecule has 0 bridgehead atoms. The van der Waals surface area contributed by atoms with Gasteiger partial charge in [0.15, 0.2) is 11.5 Å². The summed E-state index contributed by atoms with van der Waals surface area (Å²) in [5.41, 5.74) is 1.18. The van der Waals surface area contributed by atoms with E-state index in [2.05, 4.69) is 12.2 Å². The van der Waals surface area contributed by atoms with Crippen LogP contribution in [0, 0.1) is 0 Å². The highest BCUT2D eigenvalue weighted by molar-refractivity contribution is 5.43. The summed E-state index contributed by atoms with van der Waals surface area (Å²) >= 11 is 0. The smallest absolute Gasteiger partial charge is 0.161 e. The molecule has 0 aliphatic rings. The predicted molar refractivity (Wildman–Crippen MR) is 81.6 cm³/mol. The maximum atomic E-state index is 5.73. The van der Waals surface area contributed by atoms with Crippen molar-refractivity contribution in [1.29, 1.82) is 0 Å². The summed E-state index contributed by atoms with van der Waals surface area (Å²) in [6.07, 6.45) is 2.26. The van der Waals surface area contributed by atoms with Gasteiger partial charge in [0, 0.05) is 13.2 Å². The highest BCUT2D eigenvalue weighted by atomic mass is 16.5. The van der Waals surface area contributed by atoms with Crippen LogP contribution in [0.1, 0.15) is 32.3 Å². The maximum absolute atomic E-state index is 5.73. The van der Waals surface area contributed by atoms with Crippen molar-refractivity contribution in [1.82, 2.24) is 5.32 Å². The minimum absolute atomic E-state index is 0.551. The number of nitrogens with one attached hydrogen (secondary N) is 1. The molecule has 1 aromatic carbocycles. The van der Waals surface area contributed by atoms with Crippen molar-refractivity contribution < 1.29 is 14.2 Å². The van der Waals surface area contributed by atoms with Gasteiger partial charge in [-0.2, -0.15) is 0 Å². The molecule has 0 unspecified atom stereocenters. The third-order valence-corrected chi connectivity index (χ3v) is 2.82. The van der Waals surface area contributed by atoms with Crippen LogP contribution in [0.15, 0.2) is 18.2 Å². The normalized spacial score (nSPS) is 10.6. The number of hydrogen-bond donors (Lipinski definition) is 1. The van der Waals surface area contributed by atoms with E-state index in [-0.39, 0.29) is 0 Å². The highest BCUT2D eigenvalue weighted by Crippen LogP contribution is 2.28. The molecule has 0 heterocycles. The molecule has 20 heavy (non-hydrogen) atoms. The van der Waals surface area contributed by atoms with Crippen LogP contribution in [-0.4, -0.2) is 33.5 Å². The Balaban J connectivity index is 2.46. The third-order valence-electron chi connectivity index (χ3n) is 2.82. The van der Waals surface area contributed by atoms with Gasteiger partial charge < -0.3 is 19.5 Å². The number of benzene rings is 1. The number of ether oxygens (including phenoxy) is 3. The second kappa shape index (κ2) is 10.5. The first kappa shape index (κ1) is 16.8. The second-order valence-electron chi connectivity index (χ2n) is 4.56. The van der Waals surface area contributed by atoms with Crippen molar-refractivity contribution in [3.63, 3.8) is 0 Å². The molecule has 0 aliphatic heterocycles. The van der Waals surface area contributed by atoms with Gasteiger partial charge in [0.05, 0.1) is 13.2 Å². The van der Waals surface area contributed by atoms with Crippen molar-refractivity contribution in [2.45, 2.75) is 33.2 Å². The Morgan fingerprint density at radius 1 is 1.00 bits per heavy atom. The average Bonchev–Trinajstić information content (AvgIpc) is 2.45. The molecule has 0 spiro atoms. The number of hydrogen-bond acceptors (Lipinski definition) is 4. The van der Waals surface area contributed by atoms with Crippen molar-refractivity contribution in [2.75, 3.05) is 33.5 Å². The Kier molecular flexibility index (Phi) is 8.83. The van der Waals surface area contributed by atoms with Gasteiger partial charge in [-0.1, -0.05) is 19.4 Å². The molecule has 0 saturated heterocycles. The van der Waals surface area contributed by atoms with Crippen LogP contribution < -0.4 is 14.8 Å². The fraction of sp³-hybridized carbons (Fsp3) is 0.625. The quantitative estimate of drug-likeness (QED) is 0.633. The van der Waals surface area contributed by atoms with Crippen molar-refractivity contribution in [2.24, 2.45) is 0 Å². The molecular weight excluding hydrogens is 254 g/mol. The van der Waals surface area contributed by atoms with Crippen molar-refractivity contribution in [3.05, 3.63) is 23.8 Å². The lowest BCUT2D eigenvalue weighted by Crippen LogP contribution is -2.09. The van der Waals surface area contributed by atoms with E-state index in [1.807, 2.05) is 32.2 Å². The van der Waals surface area contributed by atoms with Crippen LogP contribution in [0.2, 0.25) is 0 Å². The van der Waals surface area contributed by atoms with Crippen molar-refractivity contribution >= 4 is 0 Å². The summed E-state index contributed by atoms with van der Waals surface area (Å²) in [5, 5.41) is 3.13. The Morgan fingerprint density at radius 2 is 1.85 bits per heavy atom. The minimum Gasteiger partial charge on any atom is -0.490 e. The molecule has 0 fully saturated rings. The maximum Gasteiger partial charge on any atom is 0.161 e. The van der Waals surface area contributed by atoms with E-state index in [0.717, 1.165) is 37.5 Å². The first-order chi connectivity index (χ1) is 9.81. The van der Waals surface area contributed by atoms with E-state index in [1.165, 1.54) is 5.56 Å². The molecule has 0 radical (unpaired) electrons. The zero-order chi connectivity index (χ0) is 14.6. The molecule has 0 amide bonds. The first-order valence-electron chi connectivity index (χ1n) is 7.42. The summed E-state index contributed by atoms with van der Waals surface area (Å²) < 4.78 is 16.8. The zero-order valence-corrected chi connectivity index (χ0v) is 12.9. The van der Waals surface area contributed by atoms with Crippen LogP contribution in [-0.2, 0) is 11.3 Å². The van der Waals surface area contributed by atoms with Crippen LogP contribution in [0.4, 0.5) is 0 Å². The molecule has 0 aromatic heterocycles. The lowest BCUT2D eigenvalue weighted by molar-refractivity contribution is 0.0967. The summed E-state index contributed by atoms with van der Waals surface area (Å²) in [6, 6.07) is 6.03. The van der Waals surface area contributed by atoms with Crippen LogP contribution in [0.25, 0.3) is 0 Å². The molecule has 0 aliphatic carbocycles. The van der Waals surface area contributed by atoms with E-state index < -0.39 is 0 Å². The van der Waals surface area contributed by atoms with E-state index in [0.29, 0.717) is 19.8 Å². The number of unbranched alkanes of at least 4 members (excludes halogenated alkanes) is 1. The van der Waals surface area contributed by atoms with E-state index in [1.54, 1.807) is 0 Å². The summed E-state index contributed by atoms with van der Waals surface area (Å²) in [6.45, 7) is 7.55. The van der Waals surface area contributed by atoms with Gasteiger partial charge in [-0.15, -0.1) is 0 Å². The first-order valence-corrected chi connectivity index (χ1v) is 7.42. The summed E-state index contributed by atoms with van der Waals surface area (Å²) in [7, 11) is 1.93. The van der Waals surface area contributed by atoms with Gasteiger partial charge in [0.25, 0.3) is 0 Å². The second-order valence-corrected chi connectivity index (χ2v) is 4.56. The lowest BCUT2D eigenvalue weighted by atomic mass is 10.2. The standard InChI is InChI=1S/C16H27NO3/c1-4-6-9-18-10-11-20-15-8-7-14(13-17-3)12-16(15)19-5-2/h7-8,12,17H,4-6,9-11,13H2,1-3H3.